The van der Waals surface area contributed by atoms with Gasteiger partial charge in [0, 0.05) is 13.0 Å². The average Bonchev–Trinajstić information content (AvgIpc) is 2.79. The van der Waals surface area contributed by atoms with Crippen molar-refractivity contribution in [2.45, 2.75) is 24.1 Å². The molecule has 1 heterocycles. The first-order valence-electron chi connectivity index (χ1n) is 6.47. The monoisotopic (exact) mass is 330 g/mol. The Hall–Kier alpha value is -2.00. The second-order valence-corrected chi connectivity index (χ2v) is 6.97. The SMILES string of the molecule is NS(=O)(=O)C1CC(=O)N(C(CC(=O)O)c2ccc(F)cc2)C1. The molecule has 1 fully saturated rings. The molecule has 0 saturated carbocycles. The van der Waals surface area contributed by atoms with Gasteiger partial charge < -0.3 is 10.0 Å². The number of hydrogen-bond donors (Lipinski definition) is 2. The van der Waals surface area contributed by atoms with Crippen molar-refractivity contribution in [3.05, 3.63) is 35.6 Å². The lowest BCUT2D eigenvalue weighted by Crippen LogP contribution is -2.35. The number of halogens is 1. The Morgan fingerprint density at radius 2 is 2.00 bits per heavy atom. The van der Waals surface area contributed by atoms with E-state index in [1.165, 1.54) is 17.0 Å². The van der Waals surface area contributed by atoms with E-state index in [0.29, 0.717) is 5.56 Å². The van der Waals surface area contributed by atoms with Crippen LogP contribution in [0.25, 0.3) is 0 Å². The number of sulfonamides is 1. The van der Waals surface area contributed by atoms with Crippen molar-refractivity contribution in [3.63, 3.8) is 0 Å². The van der Waals surface area contributed by atoms with Gasteiger partial charge in [-0.15, -0.1) is 0 Å². The summed E-state index contributed by atoms with van der Waals surface area (Å²) in [7, 11) is -3.89. The first-order valence-corrected chi connectivity index (χ1v) is 8.07. The van der Waals surface area contributed by atoms with Crippen LogP contribution < -0.4 is 5.14 Å². The minimum atomic E-state index is -3.89. The van der Waals surface area contributed by atoms with Gasteiger partial charge in [0.25, 0.3) is 0 Å². The molecular formula is C13H15FN2O5S. The second kappa shape index (κ2) is 6.01. The smallest absolute Gasteiger partial charge is 0.305 e. The Morgan fingerprint density at radius 1 is 1.41 bits per heavy atom. The highest BCUT2D eigenvalue weighted by Gasteiger charge is 2.40. The number of carbonyl (C=O) groups excluding carboxylic acids is 1. The molecule has 22 heavy (non-hydrogen) atoms. The number of carbonyl (C=O) groups is 2. The fraction of sp³-hybridized carbons (Fsp3) is 0.385. The molecule has 1 aromatic rings. The molecule has 7 nitrogen and oxygen atoms in total. The fourth-order valence-corrected chi connectivity index (χ4v) is 3.22. The van der Waals surface area contributed by atoms with Gasteiger partial charge in [0.05, 0.1) is 12.5 Å². The number of amides is 1. The van der Waals surface area contributed by atoms with Crippen LogP contribution in [0.15, 0.2) is 24.3 Å². The maximum Gasteiger partial charge on any atom is 0.305 e. The van der Waals surface area contributed by atoms with Gasteiger partial charge in [0.1, 0.15) is 11.1 Å². The standard InChI is InChI=1S/C13H15FN2O5S/c14-9-3-1-8(2-4-9)11(6-13(18)19)16-7-10(5-12(16)17)22(15,20)21/h1-4,10-11H,5-7H2,(H,18,19)(H2,15,20,21). The predicted molar refractivity (Wildman–Crippen MR) is 74.6 cm³/mol. The number of carboxylic acids is 1. The highest BCUT2D eigenvalue weighted by molar-refractivity contribution is 7.89. The Bertz CT molecular complexity index is 689. The van der Waals surface area contributed by atoms with E-state index in [9.17, 15) is 22.4 Å². The molecule has 0 aromatic heterocycles. The van der Waals surface area contributed by atoms with Crippen LogP contribution in [0, 0.1) is 5.82 Å². The summed E-state index contributed by atoms with van der Waals surface area (Å²) in [4.78, 5) is 24.2. The summed E-state index contributed by atoms with van der Waals surface area (Å²) in [6.45, 7) is -0.174. The van der Waals surface area contributed by atoms with Crippen molar-refractivity contribution >= 4 is 21.9 Å². The number of primary sulfonamides is 1. The van der Waals surface area contributed by atoms with Gasteiger partial charge in [-0.1, -0.05) is 12.1 Å². The van der Waals surface area contributed by atoms with Crippen LogP contribution in [-0.2, 0) is 19.6 Å². The Kier molecular flexibility index (Phi) is 4.47. The Balaban J connectivity index is 2.32. The number of aliphatic carboxylic acids is 1. The molecule has 0 radical (unpaired) electrons. The molecule has 0 spiro atoms. The molecule has 3 N–H and O–H groups in total. The molecule has 0 bridgehead atoms. The third kappa shape index (κ3) is 3.60. The van der Waals surface area contributed by atoms with Gasteiger partial charge >= 0.3 is 5.97 Å². The zero-order chi connectivity index (χ0) is 16.5. The van der Waals surface area contributed by atoms with Crippen molar-refractivity contribution in [2.75, 3.05) is 6.54 Å². The highest BCUT2D eigenvalue weighted by Crippen LogP contribution is 2.30. The topological polar surface area (TPSA) is 118 Å². The molecule has 2 rings (SSSR count). The van der Waals surface area contributed by atoms with Crippen LogP contribution in [0.1, 0.15) is 24.4 Å². The van der Waals surface area contributed by atoms with Gasteiger partial charge in [-0.3, -0.25) is 9.59 Å². The fourth-order valence-electron chi connectivity index (χ4n) is 2.48. The molecule has 1 aromatic carbocycles. The minimum absolute atomic E-state index is 0.174. The summed E-state index contributed by atoms with van der Waals surface area (Å²) >= 11 is 0. The number of hydrogen-bond acceptors (Lipinski definition) is 4. The van der Waals surface area contributed by atoms with Crippen LogP contribution in [0.5, 0.6) is 0 Å². The van der Waals surface area contributed by atoms with Gasteiger partial charge in [-0.05, 0) is 17.7 Å². The lowest BCUT2D eigenvalue weighted by Gasteiger charge is -2.27. The number of benzene rings is 1. The molecule has 120 valence electrons. The number of carboxylic acid groups (broad SMARTS) is 1. The maximum absolute atomic E-state index is 13.0. The van der Waals surface area contributed by atoms with Gasteiger partial charge in [0.15, 0.2) is 0 Å². The molecule has 1 amide bonds. The summed E-state index contributed by atoms with van der Waals surface area (Å²) in [6.07, 6.45) is -0.690. The van der Waals surface area contributed by atoms with Crippen molar-refractivity contribution in [3.8, 4) is 0 Å². The highest BCUT2D eigenvalue weighted by atomic mass is 32.2. The summed E-state index contributed by atoms with van der Waals surface area (Å²) < 4.78 is 35.8. The number of likely N-dealkylation sites (tertiary alicyclic amines) is 1. The van der Waals surface area contributed by atoms with Crippen LogP contribution in [0.3, 0.4) is 0 Å². The zero-order valence-electron chi connectivity index (χ0n) is 11.5. The molecule has 1 aliphatic heterocycles. The molecule has 1 saturated heterocycles. The molecule has 2 atom stereocenters. The number of nitrogens with zero attached hydrogens (tertiary/aromatic N) is 1. The van der Waals surface area contributed by atoms with Crippen LogP contribution >= 0.6 is 0 Å². The minimum Gasteiger partial charge on any atom is -0.481 e. The van der Waals surface area contributed by atoms with Crippen molar-refractivity contribution in [2.24, 2.45) is 5.14 Å². The summed E-state index contributed by atoms with van der Waals surface area (Å²) in [6, 6.07) is 4.20. The van der Waals surface area contributed by atoms with Gasteiger partial charge in [-0.25, -0.2) is 17.9 Å². The first-order chi connectivity index (χ1) is 10.2. The molecule has 2 unspecified atom stereocenters. The second-order valence-electron chi connectivity index (χ2n) is 5.13. The third-order valence-corrected chi connectivity index (χ3v) is 4.83. The van der Waals surface area contributed by atoms with E-state index in [0.717, 1.165) is 12.1 Å². The third-order valence-electron chi connectivity index (χ3n) is 3.59. The lowest BCUT2D eigenvalue weighted by molar-refractivity contribution is -0.139. The first kappa shape index (κ1) is 16.4. The van der Waals surface area contributed by atoms with E-state index < -0.39 is 45.4 Å². The van der Waals surface area contributed by atoms with Crippen molar-refractivity contribution < 1.29 is 27.5 Å². The Morgan fingerprint density at radius 3 is 2.45 bits per heavy atom. The van der Waals surface area contributed by atoms with Gasteiger partial charge in [0.2, 0.25) is 15.9 Å². The van der Waals surface area contributed by atoms with E-state index in [1.54, 1.807) is 0 Å². The number of rotatable bonds is 5. The van der Waals surface area contributed by atoms with E-state index in [1.807, 2.05) is 0 Å². The van der Waals surface area contributed by atoms with Crippen molar-refractivity contribution in [1.82, 2.24) is 4.90 Å². The molecule has 9 heteroatoms. The Labute approximate surface area is 126 Å². The van der Waals surface area contributed by atoms with Crippen LogP contribution in [0.4, 0.5) is 4.39 Å². The summed E-state index contributed by atoms with van der Waals surface area (Å²) in [5.41, 5.74) is 0.423. The molecular weight excluding hydrogens is 315 g/mol. The van der Waals surface area contributed by atoms with E-state index in [4.69, 9.17) is 10.2 Å². The molecule has 1 aliphatic rings. The largest absolute Gasteiger partial charge is 0.481 e. The van der Waals surface area contributed by atoms with Crippen molar-refractivity contribution in [1.29, 1.82) is 0 Å². The summed E-state index contributed by atoms with van der Waals surface area (Å²) in [5, 5.41) is 13.0. The van der Waals surface area contributed by atoms with E-state index >= 15 is 0 Å². The average molecular weight is 330 g/mol. The normalized spacial score (nSPS) is 20.2. The van der Waals surface area contributed by atoms with Crippen LogP contribution in [0.2, 0.25) is 0 Å². The molecule has 0 aliphatic carbocycles. The zero-order valence-corrected chi connectivity index (χ0v) is 12.3. The van der Waals surface area contributed by atoms with Crippen LogP contribution in [-0.4, -0.2) is 42.1 Å². The van der Waals surface area contributed by atoms with E-state index in [-0.39, 0.29) is 13.0 Å². The predicted octanol–water partition coefficient (Wildman–Crippen LogP) is 0.231. The quantitative estimate of drug-likeness (QED) is 0.801. The maximum atomic E-state index is 13.0. The lowest BCUT2D eigenvalue weighted by atomic mass is 10.0. The van der Waals surface area contributed by atoms with E-state index in [2.05, 4.69) is 0 Å². The number of nitrogens with two attached hydrogens (primary N) is 1. The van der Waals surface area contributed by atoms with Gasteiger partial charge in [-0.2, -0.15) is 0 Å². The summed E-state index contributed by atoms with van der Waals surface area (Å²) in [5.74, 6) is -2.14.